The summed E-state index contributed by atoms with van der Waals surface area (Å²) >= 11 is 0. The number of pyridine rings is 1. The van der Waals surface area contributed by atoms with Gasteiger partial charge in [-0.3, -0.25) is 4.79 Å². The number of nitrogens with one attached hydrogen (secondary N) is 1. The van der Waals surface area contributed by atoms with Crippen LogP contribution in [0.15, 0.2) is 28.9 Å². The number of amides is 1. The van der Waals surface area contributed by atoms with Crippen molar-refractivity contribution in [1.29, 1.82) is 0 Å². The second kappa shape index (κ2) is 13.1. The van der Waals surface area contributed by atoms with Crippen LogP contribution in [0.2, 0.25) is 0 Å². The maximum absolute atomic E-state index is 13.4. The molecule has 1 amide bonds. The monoisotopic (exact) mass is 405 g/mol. The van der Waals surface area contributed by atoms with E-state index in [0.29, 0.717) is 6.61 Å². The van der Waals surface area contributed by atoms with Gasteiger partial charge in [0.1, 0.15) is 5.84 Å². The first kappa shape index (κ1) is 23.9. The first-order valence-electron chi connectivity index (χ1n) is 9.24. The van der Waals surface area contributed by atoms with Gasteiger partial charge in [0.25, 0.3) is 5.91 Å². The highest BCUT2D eigenvalue weighted by Gasteiger charge is 2.15. The quantitative estimate of drug-likeness (QED) is 0.209. The fraction of sp³-hybridized carbons (Fsp3) is 0.450. The predicted octanol–water partition coefficient (Wildman–Crippen LogP) is 1.78. The van der Waals surface area contributed by atoms with E-state index in [1.165, 1.54) is 19.4 Å². The van der Waals surface area contributed by atoms with Gasteiger partial charge in [-0.05, 0) is 19.3 Å². The summed E-state index contributed by atoms with van der Waals surface area (Å²) in [6, 6.07) is 2.52. The van der Waals surface area contributed by atoms with E-state index < -0.39 is 11.9 Å². The van der Waals surface area contributed by atoms with E-state index in [1.54, 1.807) is 0 Å². The Bertz CT molecular complexity index is 768. The molecule has 0 bridgehead atoms. The zero-order chi connectivity index (χ0) is 21.6. The first-order valence-corrected chi connectivity index (χ1v) is 9.24. The number of methoxy groups -OCH3 is 1. The van der Waals surface area contributed by atoms with Gasteiger partial charge in [-0.15, -0.1) is 12.3 Å². The van der Waals surface area contributed by atoms with E-state index in [9.17, 15) is 9.18 Å². The zero-order valence-electron chi connectivity index (χ0n) is 16.8. The highest BCUT2D eigenvalue weighted by atomic mass is 19.1. The van der Waals surface area contributed by atoms with Crippen LogP contribution in [0.25, 0.3) is 0 Å². The Balaban J connectivity index is 0.000000749. The van der Waals surface area contributed by atoms with Crippen molar-refractivity contribution < 1.29 is 18.7 Å². The molecule has 0 aliphatic carbocycles. The van der Waals surface area contributed by atoms with Crippen LogP contribution >= 0.6 is 0 Å². The van der Waals surface area contributed by atoms with Gasteiger partial charge < -0.3 is 26.3 Å². The van der Waals surface area contributed by atoms with Gasteiger partial charge in [0, 0.05) is 37.4 Å². The minimum Gasteiger partial charge on any atom is -0.481 e. The molecule has 1 aliphatic heterocycles. The van der Waals surface area contributed by atoms with Crippen LogP contribution in [0.1, 0.15) is 32.6 Å². The fourth-order valence-electron chi connectivity index (χ4n) is 2.32. The molecule has 29 heavy (non-hydrogen) atoms. The number of amidine groups is 1. The number of nitrogens with zero attached hydrogens (tertiary/aromatic N) is 2. The van der Waals surface area contributed by atoms with E-state index in [2.05, 4.69) is 28.1 Å². The van der Waals surface area contributed by atoms with Crippen molar-refractivity contribution >= 4 is 17.4 Å². The number of halogens is 1. The van der Waals surface area contributed by atoms with Crippen molar-refractivity contribution in [2.75, 3.05) is 20.3 Å². The maximum Gasteiger partial charge on any atom is 0.253 e. The lowest BCUT2D eigenvalue weighted by atomic mass is 10.1. The normalized spacial score (nSPS) is 16.8. The molecule has 0 saturated carbocycles. The standard InChI is InChI=1S/C15H20FN5O3.C5H8/c1-23-13-6-10(5-12(16)21-13)20-14(17)11(15(18)22)7-19-9-3-2-4-24-8-9;1-3-5-4-2/h5-7,9,19H,2-4,8H2,1H3,(H2,18,22)(H2,17,20,21);1H,4-5H2,2H3/b11-7+;. The second-order valence-electron chi connectivity index (χ2n) is 6.14. The molecule has 0 aromatic carbocycles. The third kappa shape index (κ3) is 9.08. The average molecular weight is 405 g/mol. The van der Waals surface area contributed by atoms with Crippen LogP contribution < -0.4 is 21.5 Å². The first-order chi connectivity index (χ1) is 13.9. The van der Waals surface area contributed by atoms with Crippen LogP contribution in [0.4, 0.5) is 10.1 Å². The van der Waals surface area contributed by atoms with Gasteiger partial charge in [0.2, 0.25) is 11.8 Å². The van der Waals surface area contributed by atoms with E-state index >= 15 is 0 Å². The van der Waals surface area contributed by atoms with Crippen LogP contribution in [0, 0.1) is 18.3 Å². The maximum atomic E-state index is 13.4. The fourth-order valence-corrected chi connectivity index (χ4v) is 2.32. The number of unbranched alkanes of at least 4 members (excludes halogenated alkanes) is 1. The molecular weight excluding hydrogens is 377 g/mol. The third-order valence-corrected chi connectivity index (χ3v) is 3.77. The van der Waals surface area contributed by atoms with Crippen molar-refractivity contribution in [3.63, 3.8) is 0 Å². The van der Waals surface area contributed by atoms with E-state index in [4.69, 9.17) is 27.4 Å². The lowest BCUT2D eigenvalue weighted by Crippen LogP contribution is -2.36. The predicted molar refractivity (Wildman–Crippen MR) is 110 cm³/mol. The molecule has 0 radical (unpaired) electrons. The largest absolute Gasteiger partial charge is 0.481 e. The Hall–Kier alpha value is -3.12. The number of hydrogen-bond donors (Lipinski definition) is 3. The molecule has 2 heterocycles. The number of ether oxygens (including phenoxy) is 2. The van der Waals surface area contributed by atoms with Gasteiger partial charge in [-0.25, -0.2) is 4.99 Å². The molecule has 9 heteroatoms. The van der Waals surface area contributed by atoms with Crippen molar-refractivity contribution in [2.45, 2.75) is 38.6 Å². The Morgan fingerprint density at radius 2 is 2.31 bits per heavy atom. The van der Waals surface area contributed by atoms with Crippen LogP contribution in [0.3, 0.4) is 0 Å². The minimum absolute atomic E-state index is 0.00300. The number of primary amides is 1. The number of nitrogens with two attached hydrogens (primary N) is 2. The number of carbonyl (C=O) groups is 1. The van der Waals surface area contributed by atoms with Gasteiger partial charge in [-0.1, -0.05) is 6.92 Å². The molecule has 1 aliphatic rings. The molecule has 8 nitrogen and oxygen atoms in total. The molecule has 2 rings (SSSR count). The average Bonchev–Trinajstić information content (AvgIpc) is 2.69. The van der Waals surface area contributed by atoms with Crippen molar-refractivity contribution in [3.05, 3.63) is 29.9 Å². The molecule has 1 fully saturated rings. The van der Waals surface area contributed by atoms with E-state index in [-0.39, 0.29) is 29.0 Å². The van der Waals surface area contributed by atoms with Gasteiger partial charge in [0.15, 0.2) is 0 Å². The summed E-state index contributed by atoms with van der Waals surface area (Å²) in [7, 11) is 1.35. The summed E-state index contributed by atoms with van der Waals surface area (Å²) in [5.41, 5.74) is 11.3. The number of aliphatic imine (C=N–C) groups is 1. The second-order valence-corrected chi connectivity index (χ2v) is 6.14. The lowest BCUT2D eigenvalue weighted by Gasteiger charge is -2.22. The highest BCUT2D eigenvalue weighted by molar-refractivity contribution is 6.20. The van der Waals surface area contributed by atoms with Gasteiger partial charge >= 0.3 is 0 Å². The summed E-state index contributed by atoms with van der Waals surface area (Å²) in [6.45, 7) is 3.33. The summed E-state index contributed by atoms with van der Waals surface area (Å²) in [6.07, 6.45) is 10.2. The molecule has 1 aromatic heterocycles. The zero-order valence-corrected chi connectivity index (χ0v) is 16.8. The number of terminal acetylenes is 1. The number of carbonyl (C=O) groups excluding carboxylic acids is 1. The molecule has 1 unspecified atom stereocenters. The number of rotatable bonds is 7. The summed E-state index contributed by atoms with van der Waals surface area (Å²) in [5.74, 6) is 0.900. The van der Waals surface area contributed by atoms with Crippen LogP contribution in [-0.2, 0) is 9.53 Å². The highest BCUT2D eigenvalue weighted by Crippen LogP contribution is 2.19. The van der Waals surface area contributed by atoms with Crippen molar-refractivity contribution in [1.82, 2.24) is 10.3 Å². The molecule has 0 spiro atoms. The van der Waals surface area contributed by atoms with Crippen molar-refractivity contribution in [2.24, 2.45) is 16.5 Å². The van der Waals surface area contributed by atoms with Crippen LogP contribution in [0.5, 0.6) is 5.88 Å². The Kier molecular flexibility index (Phi) is 10.8. The topological polar surface area (TPSA) is 125 Å². The number of aromatic nitrogens is 1. The van der Waals surface area contributed by atoms with E-state index in [0.717, 1.165) is 38.4 Å². The number of hydrogen-bond acceptors (Lipinski definition) is 6. The smallest absolute Gasteiger partial charge is 0.253 e. The minimum atomic E-state index is -0.775. The van der Waals surface area contributed by atoms with Gasteiger partial charge in [0.05, 0.1) is 25.0 Å². The Morgan fingerprint density at radius 3 is 2.83 bits per heavy atom. The van der Waals surface area contributed by atoms with Crippen LogP contribution in [-0.4, -0.2) is 43.1 Å². The summed E-state index contributed by atoms with van der Waals surface area (Å²) < 4.78 is 23.6. The SMILES string of the molecule is C#CCCC.COc1cc(N=C(N)/C(=C\NC2CCCOC2)C(N)=O)cc(F)n1. The molecule has 1 aromatic rings. The molecule has 1 atom stereocenters. The Labute approximate surface area is 170 Å². The third-order valence-electron chi connectivity index (χ3n) is 3.77. The Morgan fingerprint density at radius 1 is 1.55 bits per heavy atom. The molecule has 5 N–H and O–H groups in total. The van der Waals surface area contributed by atoms with Gasteiger partial charge in [-0.2, -0.15) is 9.37 Å². The van der Waals surface area contributed by atoms with E-state index in [1.807, 2.05) is 0 Å². The lowest BCUT2D eigenvalue weighted by molar-refractivity contribution is -0.114. The van der Waals surface area contributed by atoms with Crippen molar-refractivity contribution in [3.8, 4) is 18.2 Å². The molecule has 158 valence electrons. The molecular formula is C20H28FN5O3. The summed E-state index contributed by atoms with van der Waals surface area (Å²) in [4.78, 5) is 19.1. The molecule has 1 saturated heterocycles. The summed E-state index contributed by atoms with van der Waals surface area (Å²) in [5, 5.41) is 3.04.